The van der Waals surface area contributed by atoms with Crippen LogP contribution in [0.25, 0.3) is 0 Å². The summed E-state index contributed by atoms with van der Waals surface area (Å²) in [4.78, 5) is 0. The Hall–Kier alpha value is -0.120. The Morgan fingerprint density at radius 3 is 1.89 bits per heavy atom. The highest BCUT2D eigenvalue weighted by Crippen LogP contribution is 2.01. The molecule has 0 amide bonds. The van der Waals surface area contributed by atoms with Crippen LogP contribution in [0.3, 0.4) is 0 Å². The molecule has 0 aromatic rings. The van der Waals surface area contributed by atoms with E-state index < -0.39 is 6.29 Å². The Morgan fingerprint density at radius 1 is 1.33 bits per heavy atom. The predicted molar refractivity (Wildman–Crippen MR) is 35.6 cm³/mol. The maximum atomic E-state index is 8.67. The van der Waals surface area contributed by atoms with E-state index in [1.165, 1.54) is 0 Å². The third kappa shape index (κ3) is 4.39. The Kier molecular flexibility index (Phi) is 3.77. The van der Waals surface area contributed by atoms with Crippen LogP contribution < -0.4 is 5.73 Å². The summed E-state index contributed by atoms with van der Waals surface area (Å²) in [5, 5.41) is 8.67. The first-order chi connectivity index (χ1) is 4.04. The van der Waals surface area contributed by atoms with Crippen molar-refractivity contribution in [3.8, 4) is 0 Å². The zero-order valence-corrected chi connectivity index (χ0v) is 6.16. The van der Waals surface area contributed by atoms with Gasteiger partial charge in [-0.15, -0.1) is 0 Å². The van der Waals surface area contributed by atoms with Crippen molar-refractivity contribution >= 4 is 0 Å². The minimum absolute atomic E-state index is 0.250. The van der Waals surface area contributed by atoms with Gasteiger partial charge < -0.3 is 15.6 Å². The van der Waals surface area contributed by atoms with Crippen molar-refractivity contribution in [2.24, 2.45) is 11.7 Å². The molecule has 0 aliphatic heterocycles. The minimum atomic E-state index is -0.762. The molecule has 0 aliphatic rings. The summed E-state index contributed by atoms with van der Waals surface area (Å²) in [6, 6.07) is 0. The van der Waals surface area contributed by atoms with E-state index >= 15 is 0 Å². The topological polar surface area (TPSA) is 55.5 Å². The van der Waals surface area contributed by atoms with Crippen LogP contribution in [0.2, 0.25) is 0 Å². The van der Waals surface area contributed by atoms with E-state index in [4.69, 9.17) is 15.6 Å². The molecule has 0 bridgehead atoms. The Morgan fingerprint density at radius 2 is 1.78 bits per heavy atom. The lowest BCUT2D eigenvalue weighted by Crippen LogP contribution is -2.32. The van der Waals surface area contributed by atoms with Gasteiger partial charge in [0, 0.05) is 0 Å². The summed E-state index contributed by atoms with van der Waals surface area (Å²) in [6.45, 7) is 5.42. The first-order valence-electron chi connectivity index (χ1n) is 3.13. The number of ether oxygens (including phenoxy) is 1. The van der Waals surface area contributed by atoms with Gasteiger partial charge in [0.15, 0.2) is 6.29 Å². The summed E-state index contributed by atoms with van der Waals surface area (Å²) in [7, 11) is 0. The Bertz CT molecular complexity index is 73.5. The van der Waals surface area contributed by atoms with Crippen LogP contribution in [-0.2, 0) is 4.74 Å². The molecule has 0 radical (unpaired) electrons. The van der Waals surface area contributed by atoms with Crippen LogP contribution in [-0.4, -0.2) is 17.6 Å². The second kappa shape index (κ2) is 3.82. The molecule has 0 aromatic carbocycles. The maximum Gasteiger partial charge on any atom is 0.153 e. The Labute approximate surface area is 55.8 Å². The van der Waals surface area contributed by atoms with Crippen LogP contribution in [0, 0.1) is 5.92 Å². The zero-order valence-electron chi connectivity index (χ0n) is 6.16. The molecular formula is C6H15NO2. The molecule has 0 saturated heterocycles. The number of aliphatic hydroxyl groups excluding tert-OH is 1. The van der Waals surface area contributed by atoms with Crippen molar-refractivity contribution in [2.75, 3.05) is 0 Å². The molecule has 0 fully saturated rings. The molecule has 3 nitrogen and oxygen atoms in total. The lowest BCUT2D eigenvalue weighted by atomic mass is 10.2. The van der Waals surface area contributed by atoms with Gasteiger partial charge in [-0.3, -0.25) is 0 Å². The highest BCUT2D eigenvalue weighted by Gasteiger charge is 2.09. The average Bonchev–Trinajstić information content (AvgIpc) is 1.63. The quantitative estimate of drug-likeness (QED) is 0.544. The third-order valence-corrected chi connectivity index (χ3v) is 1.01. The van der Waals surface area contributed by atoms with Crippen LogP contribution in [0.5, 0.6) is 0 Å². The van der Waals surface area contributed by atoms with Crippen molar-refractivity contribution in [1.82, 2.24) is 0 Å². The molecule has 0 saturated carbocycles. The highest BCUT2D eigenvalue weighted by atomic mass is 16.6. The van der Waals surface area contributed by atoms with Gasteiger partial charge in [0.05, 0.1) is 0 Å². The van der Waals surface area contributed by atoms with Crippen LogP contribution in [0.15, 0.2) is 0 Å². The molecule has 2 unspecified atom stereocenters. The first-order valence-corrected chi connectivity index (χ1v) is 3.13. The van der Waals surface area contributed by atoms with Crippen LogP contribution in [0.4, 0.5) is 0 Å². The van der Waals surface area contributed by atoms with Gasteiger partial charge in [-0.1, -0.05) is 13.8 Å². The van der Waals surface area contributed by atoms with Crippen molar-refractivity contribution in [3.05, 3.63) is 0 Å². The van der Waals surface area contributed by atoms with E-state index in [1.54, 1.807) is 6.92 Å². The van der Waals surface area contributed by atoms with E-state index in [1.807, 2.05) is 13.8 Å². The largest absolute Gasteiger partial charge is 0.368 e. The first kappa shape index (κ1) is 8.88. The summed E-state index contributed by atoms with van der Waals surface area (Å²) in [6.07, 6.45) is -1.12. The van der Waals surface area contributed by atoms with E-state index in [9.17, 15) is 0 Å². The number of aliphatic hydroxyl groups is 1. The average molecular weight is 133 g/mol. The number of hydrogen-bond acceptors (Lipinski definition) is 3. The summed E-state index contributed by atoms with van der Waals surface area (Å²) < 4.78 is 4.84. The number of hydrogen-bond donors (Lipinski definition) is 2. The van der Waals surface area contributed by atoms with E-state index in [-0.39, 0.29) is 12.1 Å². The van der Waals surface area contributed by atoms with Gasteiger partial charge in [0.1, 0.15) is 6.23 Å². The van der Waals surface area contributed by atoms with E-state index in [2.05, 4.69) is 0 Å². The predicted octanol–water partition coefficient (Wildman–Crippen LogP) is 0.282. The van der Waals surface area contributed by atoms with Gasteiger partial charge in [-0.2, -0.15) is 0 Å². The van der Waals surface area contributed by atoms with Gasteiger partial charge in [-0.05, 0) is 12.8 Å². The maximum absolute atomic E-state index is 8.67. The second-order valence-corrected chi connectivity index (χ2v) is 2.44. The van der Waals surface area contributed by atoms with Gasteiger partial charge in [0.25, 0.3) is 0 Å². The van der Waals surface area contributed by atoms with E-state index in [0.29, 0.717) is 0 Å². The van der Waals surface area contributed by atoms with Crippen molar-refractivity contribution < 1.29 is 9.84 Å². The smallest absolute Gasteiger partial charge is 0.153 e. The van der Waals surface area contributed by atoms with Crippen molar-refractivity contribution in [3.63, 3.8) is 0 Å². The SMILES string of the molecule is CC(O)OC(N)C(C)C. The fraction of sp³-hybridized carbons (Fsp3) is 1.00. The van der Waals surface area contributed by atoms with Crippen molar-refractivity contribution in [1.29, 1.82) is 0 Å². The molecule has 2 atom stereocenters. The molecule has 0 heterocycles. The molecular weight excluding hydrogens is 118 g/mol. The highest BCUT2D eigenvalue weighted by molar-refractivity contribution is 4.51. The summed E-state index contributed by atoms with van der Waals surface area (Å²) in [5.74, 6) is 0.250. The fourth-order valence-corrected chi connectivity index (χ4v) is 0.385. The van der Waals surface area contributed by atoms with Crippen molar-refractivity contribution in [2.45, 2.75) is 33.3 Å². The molecule has 0 spiro atoms. The van der Waals surface area contributed by atoms with Crippen LogP contribution >= 0.6 is 0 Å². The lowest BCUT2D eigenvalue weighted by Gasteiger charge is -2.17. The molecule has 3 heteroatoms. The van der Waals surface area contributed by atoms with Gasteiger partial charge in [0.2, 0.25) is 0 Å². The monoisotopic (exact) mass is 133 g/mol. The Balaban J connectivity index is 3.38. The molecule has 56 valence electrons. The number of nitrogens with two attached hydrogens (primary N) is 1. The molecule has 3 N–H and O–H groups in total. The number of rotatable bonds is 3. The minimum Gasteiger partial charge on any atom is -0.368 e. The lowest BCUT2D eigenvalue weighted by molar-refractivity contribution is -0.134. The van der Waals surface area contributed by atoms with Gasteiger partial charge in [-0.25, -0.2) is 0 Å². The second-order valence-electron chi connectivity index (χ2n) is 2.44. The molecule has 0 aliphatic carbocycles. The normalized spacial score (nSPS) is 18.0. The van der Waals surface area contributed by atoms with E-state index in [0.717, 1.165) is 0 Å². The molecule has 9 heavy (non-hydrogen) atoms. The third-order valence-electron chi connectivity index (χ3n) is 1.01. The summed E-state index contributed by atoms with van der Waals surface area (Å²) >= 11 is 0. The molecule has 0 rings (SSSR count). The molecule has 0 aromatic heterocycles. The van der Waals surface area contributed by atoms with Crippen LogP contribution in [0.1, 0.15) is 20.8 Å². The summed E-state index contributed by atoms with van der Waals surface area (Å²) in [5.41, 5.74) is 5.44. The zero-order chi connectivity index (χ0) is 7.44. The van der Waals surface area contributed by atoms with Gasteiger partial charge >= 0.3 is 0 Å². The standard InChI is InChI=1S/C6H15NO2/c1-4(2)6(7)9-5(3)8/h4-6,8H,7H2,1-3H3. The fourth-order valence-electron chi connectivity index (χ4n) is 0.385.